The molecule has 4 aromatic rings. The van der Waals surface area contributed by atoms with E-state index in [1.165, 1.54) is 24.0 Å². The van der Waals surface area contributed by atoms with E-state index in [2.05, 4.69) is 30.6 Å². The molecule has 2 aromatic carbocycles. The summed E-state index contributed by atoms with van der Waals surface area (Å²) >= 11 is 0. The number of imidazole rings is 2. The lowest BCUT2D eigenvalue weighted by Crippen LogP contribution is -2.51. The number of aromatic amines is 2. The van der Waals surface area contributed by atoms with Crippen molar-refractivity contribution in [2.75, 3.05) is 27.3 Å². The van der Waals surface area contributed by atoms with Crippen LogP contribution in [0.3, 0.4) is 0 Å². The van der Waals surface area contributed by atoms with Crippen molar-refractivity contribution in [3.63, 3.8) is 0 Å². The monoisotopic (exact) mass is 774 g/mol. The second-order valence-electron chi connectivity index (χ2n) is 14.9. The highest BCUT2D eigenvalue weighted by Crippen LogP contribution is 2.36. The summed E-state index contributed by atoms with van der Waals surface area (Å²) in [5.41, 5.74) is 5.05. The molecule has 56 heavy (non-hydrogen) atoms. The van der Waals surface area contributed by atoms with Gasteiger partial charge in [-0.15, -0.1) is 0 Å². The van der Waals surface area contributed by atoms with Crippen molar-refractivity contribution in [2.24, 2.45) is 11.8 Å². The Morgan fingerprint density at radius 1 is 0.643 bits per heavy atom. The van der Waals surface area contributed by atoms with Crippen LogP contribution in [0.4, 0.5) is 18.4 Å². The van der Waals surface area contributed by atoms with Gasteiger partial charge in [0.05, 0.1) is 63.2 Å². The minimum atomic E-state index is -1.23. The second-order valence-corrected chi connectivity index (χ2v) is 14.9. The summed E-state index contributed by atoms with van der Waals surface area (Å²) in [7, 11) is 2.44. The number of carbonyl (C=O) groups excluding carboxylic acids is 4. The van der Waals surface area contributed by atoms with Crippen LogP contribution in [0.25, 0.3) is 33.6 Å². The maximum atomic E-state index is 14.7. The van der Waals surface area contributed by atoms with Gasteiger partial charge in [-0.2, -0.15) is 0 Å². The number of rotatable bonds is 11. The first-order chi connectivity index (χ1) is 26.8. The molecule has 0 unspecified atom stereocenters. The van der Waals surface area contributed by atoms with Crippen LogP contribution in [-0.4, -0.2) is 105 Å². The largest absolute Gasteiger partial charge is 0.453 e. The Bertz CT molecular complexity index is 1870. The fourth-order valence-corrected chi connectivity index (χ4v) is 7.32. The summed E-state index contributed by atoms with van der Waals surface area (Å²) < 4.78 is 38.8. The zero-order valence-corrected chi connectivity index (χ0v) is 32.2. The fraction of sp³-hybridized carbons (Fsp3) is 0.450. The number of carbonyl (C=O) groups is 4. The number of likely N-dealkylation sites (tertiary alicyclic amines) is 2. The van der Waals surface area contributed by atoms with Crippen molar-refractivity contribution in [2.45, 2.75) is 77.0 Å². The van der Waals surface area contributed by atoms with Crippen LogP contribution in [-0.2, 0) is 19.1 Å². The number of ether oxygens (including phenoxy) is 2. The molecule has 0 saturated carbocycles. The Hall–Kier alpha value is -5.80. The molecule has 0 radical (unpaired) electrons. The average Bonchev–Trinajstić information content (AvgIpc) is 4.02. The minimum absolute atomic E-state index is 0.0855. The second kappa shape index (κ2) is 16.9. The van der Waals surface area contributed by atoms with Crippen LogP contribution in [0, 0.1) is 11.8 Å². The van der Waals surface area contributed by atoms with Crippen LogP contribution in [0.2, 0.25) is 0 Å². The molecule has 2 saturated heterocycles. The molecule has 4 heterocycles. The maximum Gasteiger partial charge on any atom is 0.407 e. The lowest BCUT2D eigenvalue weighted by Gasteiger charge is -2.29. The third-order valence-corrected chi connectivity index (χ3v) is 10.4. The molecule has 4 N–H and O–H groups in total. The first kappa shape index (κ1) is 39.9. The average molecular weight is 775 g/mol. The van der Waals surface area contributed by atoms with Crippen molar-refractivity contribution >= 4 is 24.0 Å². The third-order valence-electron chi connectivity index (χ3n) is 10.4. The van der Waals surface area contributed by atoms with E-state index in [1.807, 2.05) is 48.5 Å². The molecule has 14 nitrogen and oxygen atoms in total. The van der Waals surface area contributed by atoms with Gasteiger partial charge in [-0.1, -0.05) is 76.2 Å². The van der Waals surface area contributed by atoms with Gasteiger partial charge in [0, 0.05) is 12.8 Å². The number of hydrogen-bond donors (Lipinski definition) is 4. The molecule has 16 heteroatoms. The van der Waals surface area contributed by atoms with Gasteiger partial charge in [0.1, 0.15) is 36.1 Å². The lowest BCUT2D eigenvalue weighted by atomic mass is 10.0. The number of benzene rings is 2. The first-order valence-electron chi connectivity index (χ1n) is 18.7. The number of alkyl halides is 2. The van der Waals surface area contributed by atoms with Crippen molar-refractivity contribution in [1.29, 1.82) is 0 Å². The number of nitrogens with one attached hydrogen (secondary N) is 4. The minimum Gasteiger partial charge on any atom is -0.453 e. The van der Waals surface area contributed by atoms with E-state index in [0.29, 0.717) is 23.0 Å². The predicted molar refractivity (Wildman–Crippen MR) is 203 cm³/mol. The van der Waals surface area contributed by atoms with Crippen molar-refractivity contribution in [3.8, 4) is 33.6 Å². The van der Waals surface area contributed by atoms with Gasteiger partial charge < -0.3 is 39.9 Å². The summed E-state index contributed by atoms with van der Waals surface area (Å²) in [6.07, 6.45) is -0.435. The zero-order valence-electron chi connectivity index (χ0n) is 32.2. The summed E-state index contributed by atoms with van der Waals surface area (Å²) in [6.45, 7) is 6.99. The van der Waals surface area contributed by atoms with Gasteiger partial charge in [0.15, 0.2) is 0 Å². The molecule has 0 aliphatic carbocycles. The standard InChI is InChI=1S/C40H48F2N8O6/c1-21(2)33(47-39(53)55-5)37(51)49-19-27(41)15-31(49)35-43-17-29(45-35)25-11-7-23(8-12-25)24-9-13-26(14-10-24)30-18-44-36(46-30)32-16-28(42)20-50(32)38(52)34(22(3)4)48-40(54)56-6/h7-14,17-18,21-22,27-28,31-34H,15-16,19-20H2,1-6H3,(H,43,45)(H,44,46)(H,47,53)(H,48,54)/t27-,28-,31-,32-,33-,34-/m0/s1. The first-order valence-corrected chi connectivity index (χ1v) is 18.7. The molecule has 2 aliphatic heterocycles. The van der Waals surface area contributed by atoms with Gasteiger partial charge in [-0.3, -0.25) is 9.59 Å². The van der Waals surface area contributed by atoms with Gasteiger partial charge in [-0.25, -0.2) is 28.3 Å². The molecule has 298 valence electrons. The summed E-state index contributed by atoms with van der Waals surface area (Å²) in [5.74, 6) is -0.369. The molecule has 2 aliphatic rings. The summed E-state index contributed by atoms with van der Waals surface area (Å²) in [4.78, 5) is 69.3. The Balaban J connectivity index is 1.13. The Labute approximate surface area is 323 Å². The summed E-state index contributed by atoms with van der Waals surface area (Å²) in [5, 5.41) is 5.15. The molecule has 6 rings (SSSR count). The topological polar surface area (TPSA) is 175 Å². The summed E-state index contributed by atoms with van der Waals surface area (Å²) in [6, 6.07) is 12.7. The van der Waals surface area contributed by atoms with Crippen LogP contribution >= 0.6 is 0 Å². The van der Waals surface area contributed by atoms with E-state index >= 15 is 0 Å². The van der Waals surface area contributed by atoms with Gasteiger partial charge >= 0.3 is 12.2 Å². The molecular weight excluding hydrogens is 726 g/mol. The molecule has 4 amide bonds. The van der Waals surface area contributed by atoms with E-state index in [-0.39, 0.29) is 37.8 Å². The predicted octanol–water partition coefficient (Wildman–Crippen LogP) is 6.12. The van der Waals surface area contributed by atoms with E-state index in [9.17, 15) is 28.0 Å². The number of methoxy groups -OCH3 is 2. The molecule has 0 bridgehead atoms. The van der Waals surface area contributed by atoms with E-state index < -0.39 is 60.5 Å². The van der Waals surface area contributed by atoms with Crippen LogP contribution in [0.5, 0.6) is 0 Å². The van der Waals surface area contributed by atoms with Crippen LogP contribution < -0.4 is 10.6 Å². The number of aromatic nitrogens is 4. The van der Waals surface area contributed by atoms with E-state index in [4.69, 9.17) is 9.47 Å². The van der Waals surface area contributed by atoms with E-state index in [0.717, 1.165) is 22.3 Å². The van der Waals surface area contributed by atoms with Gasteiger partial charge in [0.25, 0.3) is 0 Å². The smallest absolute Gasteiger partial charge is 0.407 e. The van der Waals surface area contributed by atoms with Crippen molar-refractivity contribution in [3.05, 3.63) is 72.6 Å². The number of hydrogen-bond acceptors (Lipinski definition) is 8. The third kappa shape index (κ3) is 8.53. The molecule has 2 aromatic heterocycles. The molecule has 0 spiro atoms. The number of amides is 4. The molecule has 6 atom stereocenters. The lowest BCUT2D eigenvalue weighted by molar-refractivity contribution is -0.136. The Kier molecular flexibility index (Phi) is 12.0. The normalized spacial score (nSPS) is 20.6. The quantitative estimate of drug-likeness (QED) is 0.141. The van der Waals surface area contributed by atoms with Gasteiger partial charge in [0.2, 0.25) is 11.8 Å². The van der Waals surface area contributed by atoms with Crippen LogP contribution in [0.15, 0.2) is 60.9 Å². The SMILES string of the molecule is COC(=O)N[C@H](C(=O)N1C[C@@H](F)C[C@H]1c1ncc(-c2ccc(-c3ccc(-c4cnc([C@@H]5C[C@H](F)CN5C(=O)[C@@H](NC(=O)OC)C(C)C)[nH]4)cc3)cc2)[nH]1)C(C)C. The molecular formula is C40H48F2N8O6. The fourth-order valence-electron chi connectivity index (χ4n) is 7.32. The van der Waals surface area contributed by atoms with Gasteiger partial charge in [-0.05, 0) is 34.1 Å². The Morgan fingerprint density at radius 3 is 1.30 bits per heavy atom. The zero-order chi connectivity index (χ0) is 40.3. The van der Waals surface area contributed by atoms with E-state index in [1.54, 1.807) is 40.1 Å². The number of H-pyrrole nitrogens is 2. The number of alkyl carbamates (subject to hydrolysis) is 2. The number of nitrogens with zero attached hydrogens (tertiary/aromatic N) is 4. The maximum absolute atomic E-state index is 14.7. The highest BCUT2D eigenvalue weighted by Gasteiger charge is 2.43. The van der Waals surface area contributed by atoms with Crippen molar-refractivity contribution in [1.82, 2.24) is 40.4 Å². The highest BCUT2D eigenvalue weighted by atomic mass is 19.1. The van der Waals surface area contributed by atoms with Crippen molar-refractivity contribution < 1.29 is 37.4 Å². The highest BCUT2D eigenvalue weighted by molar-refractivity contribution is 5.87. The number of halogens is 2. The molecule has 2 fully saturated rings. The Morgan fingerprint density at radius 2 is 0.982 bits per heavy atom. The van der Waals surface area contributed by atoms with Crippen LogP contribution in [0.1, 0.15) is 64.3 Å².